The monoisotopic (exact) mass is 332 g/mol. The van der Waals surface area contributed by atoms with E-state index in [0.29, 0.717) is 25.2 Å². The third-order valence-electron chi connectivity index (χ3n) is 6.17. The summed E-state index contributed by atoms with van der Waals surface area (Å²) in [6.45, 7) is 10.3. The Balaban J connectivity index is 2.04. The zero-order chi connectivity index (χ0) is 17.6. The molecule has 0 saturated heterocycles. The van der Waals surface area contributed by atoms with Gasteiger partial charge in [0.25, 0.3) is 0 Å². The van der Waals surface area contributed by atoms with E-state index < -0.39 is 6.10 Å². The van der Waals surface area contributed by atoms with E-state index in [1.165, 1.54) is 0 Å². The van der Waals surface area contributed by atoms with Crippen molar-refractivity contribution in [3.8, 4) is 0 Å². The molecule has 1 aromatic rings. The van der Waals surface area contributed by atoms with Gasteiger partial charge in [0, 0.05) is 36.2 Å². The number of hydrogen-bond donors (Lipinski definition) is 0. The van der Waals surface area contributed by atoms with Crippen molar-refractivity contribution in [1.82, 2.24) is 0 Å². The molecule has 0 amide bonds. The van der Waals surface area contributed by atoms with Gasteiger partial charge >= 0.3 is 5.97 Å². The first kappa shape index (κ1) is 17.2. The van der Waals surface area contributed by atoms with Crippen molar-refractivity contribution in [2.24, 2.45) is 23.2 Å². The Bertz CT molecular complexity index is 657. The molecule has 0 aliphatic heterocycles. The van der Waals surface area contributed by atoms with Crippen LogP contribution in [0.25, 0.3) is 0 Å². The lowest BCUT2D eigenvalue weighted by molar-refractivity contribution is -0.173. The minimum absolute atomic E-state index is 0.129. The lowest BCUT2D eigenvalue weighted by Gasteiger charge is -2.51. The van der Waals surface area contributed by atoms with Crippen LogP contribution in [0.1, 0.15) is 69.9 Å². The fourth-order valence-corrected chi connectivity index (χ4v) is 4.52. The van der Waals surface area contributed by atoms with Gasteiger partial charge in [-0.05, 0) is 30.7 Å². The second-order valence-electron chi connectivity index (χ2n) is 8.25. The van der Waals surface area contributed by atoms with E-state index in [1.807, 2.05) is 20.8 Å². The molecule has 0 unspecified atom stereocenters. The van der Waals surface area contributed by atoms with Crippen molar-refractivity contribution >= 4 is 11.8 Å². The predicted octanol–water partition coefficient (Wildman–Crippen LogP) is 4.40. The van der Waals surface area contributed by atoms with Crippen molar-refractivity contribution in [2.75, 3.05) is 0 Å². The molecular weight excluding hydrogens is 304 g/mol. The second-order valence-corrected chi connectivity index (χ2v) is 8.25. The Morgan fingerprint density at radius 2 is 2.17 bits per heavy atom. The van der Waals surface area contributed by atoms with Gasteiger partial charge in [-0.3, -0.25) is 9.59 Å². The predicted molar refractivity (Wildman–Crippen MR) is 90.4 cm³/mol. The molecule has 1 aromatic heterocycles. The number of ether oxygens (including phenoxy) is 1. The van der Waals surface area contributed by atoms with Crippen molar-refractivity contribution in [2.45, 2.75) is 66.4 Å². The molecule has 2 aliphatic rings. The average Bonchev–Trinajstić information content (AvgIpc) is 2.85. The van der Waals surface area contributed by atoms with Crippen LogP contribution in [0.4, 0.5) is 0 Å². The number of carbonyl (C=O) groups excluding carboxylic acids is 2. The first-order valence-corrected chi connectivity index (χ1v) is 9.04. The highest BCUT2D eigenvalue weighted by Crippen LogP contribution is 2.58. The normalized spacial score (nSPS) is 32.4. The van der Waals surface area contributed by atoms with Crippen LogP contribution < -0.4 is 0 Å². The highest BCUT2D eigenvalue weighted by atomic mass is 16.5. The SMILES string of the molecule is Cc1coc2c1[C@@H](OC(=O)CC(C)C)[C@]1(C)[C@@H](C)CCC(=O)[C@@H]1C2. The van der Waals surface area contributed by atoms with E-state index in [0.717, 1.165) is 23.3 Å². The molecule has 0 radical (unpaired) electrons. The molecule has 4 nitrogen and oxygen atoms in total. The molecule has 0 aromatic carbocycles. The maximum atomic E-state index is 12.6. The van der Waals surface area contributed by atoms with Crippen LogP contribution >= 0.6 is 0 Å². The van der Waals surface area contributed by atoms with E-state index in [4.69, 9.17) is 9.15 Å². The van der Waals surface area contributed by atoms with Gasteiger partial charge in [-0.1, -0.05) is 27.7 Å². The molecule has 0 N–H and O–H groups in total. The van der Waals surface area contributed by atoms with Gasteiger partial charge in [0.1, 0.15) is 17.6 Å². The summed E-state index contributed by atoms with van der Waals surface area (Å²) in [5, 5.41) is 0. The molecule has 0 bridgehead atoms. The molecule has 3 rings (SSSR count). The van der Waals surface area contributed by atoms with Gasteiger partial charge in [-0.2, -0.15) is 0 Å². The quantitative estimate of drug-likeness (QED) is 0.770. The number of aryl methyl sites for hydroxylation is 1. The van der Waals surface area contributed by atoms with Crippen LogP contribution in [0.2, 0.25) is 0 Å². The molecule has 1 heterocycles. The Morgan fingerprint density at radius 3 is 2.83 bits per heavy atom. The van der Waals surface area contributed by atoms with Crippen molar-refractivity contribution in [1.29, 1.82) is 0 Å². The summed E-state index contributed by atoms with van der Waals surface area (Å²) in [6, 6.07) is 0. The number of esters is 1. The van der Waals surface area contributed by atoms with Crippen LogP contribution in [-0.2, 0) is 20.7 Å². The molecule has 4 atom stereocenters. The fourth-order valence-electron chi connectivity index (χ4n) is 4.52. The van der Waals surface area contributed by atoms with Crippen LogP contribution in [-0.4, -0.2) is 11.8 Å². The molecular formula is C20H28O4. The van der Waals surface area contributed by atoms with Crippen LogP contribution in [0.3, 0.4) is 0 Å². The topological polar surface area (TPSA) is 56.5 Å². The van der Waals surface area contributed by atoms with Gasteiger partial charge in [0.15, 0.2) is 0 Å². The number of furan rings is 1. The van der Waals surface area contributed by atoms with E-state index in [-0.39, 0.29) is 29.0 Å². The number of carbonyl (C=O) groups is 2. The third-order valence-corrected chi connectivity index (χ3v) is 6.17. The van der Waals surface area contributed by atoms with Crippen LogP contribution in [0.5, 0.6) is 0 Å². The average molecular weight is 332 g/mol. The highest BCUT2D eigenvalue weighted by molar-refractivity contribution is 5.84. The van der Waals surface area contributed by atoms with Crippen molar-refractivity contribution < 1.29 is 18.7 Å². The van der Waals surface area contributed by atoms with E-state index >= 15 is 0 Å². The number of fused-ring (bicyclic) bond motifs is 2. The van der Waals surface area contributed by atoms with Gasteiger partial charge in [-0.15, -0.1) is 0 Å². The maximum Gasteiger partial charge on any atom is 0.306 e. The third kappa shape index (κ3) is 2.60. The maximum absolute atomic E-state index is 12.6. The number of ketones is 1. The van der Waals surface area contributed by atoms with E-state index in [9.17, 15) is 9.59 Å². The summed E-state index contributed by atoms with van der Waals surface area (Å²) in [7, 11) is 0. The largest absolute Gasteiger partial charge is 0.469 e. The Kier molecular flexibility index (Phi) is 4.35. The molecule has 24 heavy (non-hydrogen) atoms. The Morgan fingerprint density at radius 1 is 1.46 bits per heavy atom. The molecule has 4 heteroatoms. The Labute approximate surface area is 143 Å². The first-order valence-electron chi connectivity index (χ1n) is 9.04. The summed E-state index contributed by atoms with van der Waals surface area (Å²) >= 11 is 0. The van der Waals surface area contributed by atoms with E-state index in [2.05, 4.69) is 13.8 Å². The van der Waals surface area contributed by atoms with Gasteiger partial charge < -0.3 is 9.15 Å². The highest BCUT2D eigenvalue weighted by Gasteiger charge is 2.57. The standard InChI is InChI=1S/C20H28O4/c1-11(2)8-17(22)24-19-18-12(3)10-23-16(18)9-14-15(21)7-6-13(4)20(14,19)5/h10-11,13-14,19H,6-9H2,1-5H3/t13-,14-,19+,20+/m0/s1. The Hall–Kier alpha value is -1.58. The summed E-state index contributed by atoms with van der Waals surface area (Å²) in [4.78, 5) is 25.1. The van der Waals surface area contributed by atoms with Gasteiger partial charge in [0.05, 0.1) is 6.26 Å². The van der Waals surface area contributed by atoms with Crippen molar-refractivity contribution in [3.63, 3.8) is 0 Å². The molecule has 1 fully saturated rings. The minimum Gasteiger partial charge on any atom is -0.469 e. The number of hydrogen-bond acceptors (Lipinski definition) is 4. The number of Topliss-reactive ketones (excluding diaryl/α,β-unsaturated/α-hetero) is 1. The van der Waals surface area contributed by atoms with Crippen LogP contribution in [0.15, 0.2) is 10.7 Å². The molecule has 1 saturated carbocycles. The smallest absolute Gasteiger partial charge is 0.306 e. The lowest BCUT2D eigenvalue weighted by atomic mass is 9.54. The van der Waals surface area contributed by atoms with Crippen molar-refractivity contribution in [3.05, 3.63) is 23.2 Å². The minimum atomic E-state index is -0.393. The molecule has 0 spiro atoms. The zero-order valence-electron chi connectivity index (χ0n) is 15.3. The summed E-state index contributed by atoms with van der Waals surface area (Å²) < 4.78 is 11.7. The summed E-state index contributed by atoms with van der Waals surface area (Å²) in [6.07, 6.45) is 3.83. The molecule has 2 aliphatic carbocycles. The zero-order valence-corrected chi connectivity index (χ0v) is 15.3. The lowest BCUT2D eigenvalue weighted by Crippen LogP contribution is -2.51. The number of rotatable bonds is 3. The first-order chi connectivity index (χ1) is 11.2. The van der Waals surface area contributed by atoms with Crippen LogP contribution in [0, 0.1) is 30.1 Å². The fraction of sp³-hybridized carbons (Fsp3) is 0.700. The van der Waals surface area contributed by atoms with Gasteiger partial charge in [-0.25, -0.2) is 0 Å². The van der Waals surface area contributed by atoms with E-state index in [1.54, 1.807) is 6.26 Å². The summed E-state index contributed by atoms with van der Waals surface area (Å²) in [5.74, 6) is 1.35. The molecule has 132 valence electrons. The van der Waals surface area contributed by atoms with Gasteiger partial charge in [0.2, 0.25) is 0 Å². The summed E-state index contributed by atoms with van der Waals surface area (Å²) in [5.41, 5.74) is 1.65. The second kappa shape index (κ2) is 6.05.